The summed E-state index contributed by atoms with van der Waals surface area (Å²) in [5, 5.41) is 0. The van der Waals surface area contributed by atoms with Crippen molar-refractivity contribution < 1.29 is 13.2 Å². The molecule has 1 aliphatic rings. The summed E-state index contributed by atoms with van der Waals surface area (Å²) < 4.78 is 31.5. The van der Waals surface area contributed by atoms with Crippen LogP contribution in [0.15, 0.2) is 45.6 Å². The second-order valence-electron chi connectivity index (χ2n) is 8.11. The lowest BCUT2D eigenvalue weighted by atomic mass is 9.81. The normalized spacial score (nSPS) is 19.9. The first-order valence-electron chi connectivity index (χ1n) is 10.3. The number of nitrogens with zero attached hydrogens (tertiary/aromatic N) is 1. The van der Waals surface area contributed by atoms with E-state index in [0.29, 0.717) is 17.5 Å². The molecule has 29 heavy (non-hydrogen) atoms. The molecule has 0 spiro atoms. The van der Waals surface area contributed by atoms with Crippen molar-refractivity contribution in [2.45, 2.75) is 50.5 Å². The summed E-state index contributed by atoms with van der Waals surface area (Å²) >= 11 is 0. The summed E-state index contributed by atoms with van der Waals surface area (Å²) in [6.07, 6.45) is 6.14. The third-order valence-electron chi connectivity index (χ3n) is 6.20. The van der Waals surface area contributed by atoms with E-state index < -0.39 is 17.4 Å². The predicted octanol–water partition coefficient (Wildman–Crippen LogP) is 4.99. The average molecular weight is 400 g/mol. The van der Waals surface area contributed by atoms with Gasteiger partial charge in [-0.15, -0.1) is 0 Å². The van der Waals surface area contributed by atoms with Crippen LogP contribution in [0, 0.1) is 11.6 Å². The van der Waals surface area contributed by atoms with E-state index in [4.69, 9.17) is 4.42 Å². The second kappa shape index (κ2) is 8.49. The van der Waals surface area contributed by atoms with Crippen molar-refractivity contribution in [3.8, 4) is 0 Å². The van der Waals surface area contributed by atoms with Crippen LogP contribution in [0.1, 0.15) is 49.1 Å². The summed E-state index contributed by atoms with van der Waals surface area (Å²) in [4.78, 5) is 16.4. The monoisotopic (exact) mass is 400 g/mol. The molecule has 0 bridgehead atoms. The first kappa shape index (κ1) is 19.8. The highest BCUT2D eigenvalue weighted by atomic mass is 19.2. The molecule has 1 aliphatic carbocycles. The van der Waals surface area contributed by atoms with Gasteiger partial charge in [0, 0.05) is 6.04 Å². The number of rotatable bonds is 6. The quantitative estimate of drug-likeness (QED) is 0.634. The third-order valence-corrected chi connectivity index (χ3v) is 6.20. The number of hydrogen-bond acceptors (Lipinski definition) is 3. The molecule has 0 radical (unpaired) electrons. The molecular formula is C23H26F2N2O2. The van der Waals surface area contributed by atoms with E-state index in [1.165, 1.54) is 17.7 Å². The van der Waals surface area contributed by atoms with Crippen molar-refractivity contribution in [3.63, 3.8) is 0 Å². The van der Waals surface area contributed by atoms with Crippen LogP contribution >= 0.6 is 0 Å². The van der Waals surface area contributed by atoms with Crippen molar-refractivity contribution >= 4 is 11.1 Å². The largest absolute Gasteiger partial charge is 0.417 e. The van der Waals surface area contributed by atoms with Crippen LogP contribution in [0.25, 0.3) is 11.1 Å². The molecule has 0 aliphatic heterocycles. The fourth-order valence-corrected chi connectivity index (χ4v) is 4.48. The van der Waals surface area contributed by atoms with Gasteiger partial charge in [-0.3, -0.25) is 4.98 Å². The minimum atomic E-state index is -0.791. The van der Waals surface area contributed by atoms with Crippen LogP contribution in [-0.2, 0) is 6.42 Å². The molecule has 154 valence electrons. The zero-order valence-corrected chi connectivity index (χ0v) is 16.6. The van der Waals surface area contributed by atoms with Gasteiger partial charge in [-0.05, 0) is 93.4 Å². The molecular weight excluding hydrogens is 374 g/mol. The van der Waals surface area contributed by atoms with Crippen LogP contribution < -0.4 is 5.76 Å². The first-order chi connectivity index (χ1) is 14.0. The van der Waals surface area contributed by atoms with Gasteiger partial charge in [-0.2, -0.15) is 0 Å². The first-order valence-corrected chi connectivity index (χ1v) is 10.3. The summed E-state index contributed by atoms with van der Waals surface area (Å²) in [5.41, 5.74) is 3.45. The number of H-pyrrole nitrogens is 1. The number of aromatic amines is 1. The molecule has 0 atom stereocenters. The second-order valence-corrected chi connectivity index (χ2v) is 8.11. The summed E-state index contributed by atoms with van der Waals surface area (Å²) in [5.74, 6) is -1.48. The van der Waals surface area contributed by atoms with E-state index in [1.807, 2.05) is 12.1 Å². The maximum absolute atomic E-state index is 13.3. The van der Waals surface area contributed by atoms with Crippen LogP contribution in [0.4, 0.5) is 8.78 Å². The van der Waals surface area contributed by atoms with E-state index in [1.54, 1.807) is 6.07 Å². The lowest BCUT2D eigenvalue weighted by Crippen LogP contribution is -2.35. The Morgan fingerprint density at radius 1 is 1.07 bits per heavy atom. The topological polar surface area (TPSA) is 49.2 Å². The van der Waals surface area contributed by atoms with E-state index in [2.05, 4.69) is 23.0 Å². The molecule has 1 N–H and O–H groups in total. The molecule has 1 aromatic heterocycles. The van der Waals surface area contributed by atoms with Crippen molar-refractivity contribution in [1.29, 1.82) is 0 Å². The van der Waals surface area contributed by atoms with Gasteiger partial charge in [0.1, 0.15) is 0 Å². The highest BCUT2D eigenvalue weighted by Crippen LogP contribution is 2.35. The number of benzene rings is 2. The SMILES string of the molecule is CN(CCCc1ccc(F)c(F)c1)C1CCC(c2ccc3[nH]c(=O)oc3c2)CC1. The zero-order valence-electron chi connectivity index (χ0n) is 16.6. The Labute approximate surface area is 168 Å². The molecule has 0 amide bonds. The van der Waals surface area contributed by atoms with Gasteiger partial charge in [0.25, 0.3) is 0 Å². The molecule has 1 heterocycles. The van der Waals surface area contributed by atoms with Crippen molar-refractivity contribution in [1.82, 2.24) is 9.88 Å². The van der Waals surface area contributed by atoms with Gasteiger partial charge in [0.2, 0.25) is 0 Å². The van der Waals surface area contributed by atoms with Crippen molar-refractivity contribution in [2.75, 3.05) is 13.6 Å². The molecule has 1 fully saturated rings. The molecule has 2 aromatic carbocycles. The summed E-state index contributed by atoms with van der Waals surface area (Å²) in [6, 6.07) is 10.7. The van der Waals surface area contributed by atoms with Crippen LogP contribution in [0.3, 0.4) is 0 Å². The minimum absolute atomic E-state index is 0.411. The van der Waals surface area contributed by atoms with Crippen LogP contribution in [-0.4, -0.2) is 29.5 Å². The van der Waals surface area contributed by atoms with Gasteiger partial charge < -0.3 is 9.32 Å². The molecule has 3 aromatic rings. The molecule has 4 rings (SSSR count). The van der Waals surface area contributed by atoms with Crippen LogP contribution in [0.2, 0.25) is 0 Å². The zero-order chi connectivity index (χ0) is 20.4. The number of aromatic nitrogens is 1. The van der Waals surface area contributed by atoms with Crippen molar-refractivity contribution in [3.05, 3.63) is 69.7 Å². The maximum atomic E-state index is 13.3. The third kappa shape index (κ3) is 4.58. The number of aryl methyl sites for hydroxylation is 1. The number of nitrogens with one attached hydrogen (secondary N) is 1. The Morgan fingerprint density at radius 3 is 2.62 bits per heavy atom. The van der Waals surface area contributed by atoms with E-state index in [-0.39, 0.29) is 0 Å². The Hall–Kier alpha value is -2.47. The maximum Gasteiger partial charge on any atom is 0.417 e. The molecule has 0 unspecified atom stereocenters. The minimum Gasteiger partial charge on any atom is -0.408 e. The Kier molecular flexibility index (Phi) is 5.81. The molecule has 0 saturated heterocycles. The van der Waals surface area contributed by atoms with Crippen molar-refractivity contribution in [2.24, 2.45) is 0 Å². The fourth-order valence-electron chi connectivity index (χ4n) is 4.48. The highest BCUT2D eigenvalue weighted by Gasteiger charge is 2.25. The lowest BCUT2D eigenvalue weighted by molar-refractivity contribution is 0.181. The number of hydrogen-bond donors (Lipinski definition) is 1. The van der Waals surface area contributed by atoms with Crippen LogP contribution in [0.5, 0.6) is 0 Å². The van der Waals surface area contributed by atoms with Gasteiger partial charge >= 0.3 is 5.76 Å². The van der Waals surface area contributed by atoms with Gasteiger partial charge in [0.05, 0.1) is 5.52 Å². The van der Waals surface area contributed by atoms with Gasteiger partial charge in [0.15, 0.2) is 17.2 Å². The van der Waals surface area contributed by atoms with E-state index in [0.717, 1.165) is 56.1 Å². The smallest absolute Gasteiger partial charge is 0.408 e. The standard InChI is InChI=1S/C23H26F2N2O2/c1-27(12-2-3-15-4-10-19(24)20(25)13-15)18-8-5-16(6-9-18)17-7-11-21-22(14-17)29-23(28)26-21/h4,7,10-11,13-14,16,18H,2-3,5-6,8-9,12H2,1H3,(H,26,28). The Morgan fingerprint density at radius 2 is 1.86 bits per heavy atom. The Balaban J connectivity index is 1.27. The average Bonchev–Trinajstić information content (AvgIpc) is 3.10. The highest BCUT2D eigenvalue weighted by molar-refractivity contribution is 5.72. The molecule has 4 nitrogen and oxygen atoms in total. The number of oxazole rings is 1. The van der Waals surface area contributed by atoms with Gasteiger partial charge in [-0.1, -0.05) is 12.1 Å². The summed E-state index contributed by atoms with van der Waals surface area (Å²) in [7, 11) is 2.15. The lowest BCUT2D eigenvalue weighted by Gasteiger charge is -2.35. The summed E-state index contributed by atoms with van der Waals surface area (Å²) in [6.45, 7) is 0.939. The predicted molar refractivity (Wildman–Crippen MR) is 109 cm³/mol. The molecule has 6 heteroatoms. The number of fused-ring (bicyclic) bond motifs is 1. The van der Waals surface area contributed by atoms with Gasteiger partial charge in [-0.25, -0.2) is 13.6 Å². The molecule has 1 saturated carbocycles. The van der Waals surface area contributed by atoms with E-state index >= 15 is 0 Å². The Bertz CT molecular complexity index is 1030. The fraction of sp³-hybridized carbons (Fsp3) is 0.435. The van der Waals surface area contributed by atoms with E-state index in [9.17, 15) is 13.6 Å². The number of halogens is 2.